The lowest BCUT2D eigenvalue weighted by Crippen LogP contribution is -2.44. The molecule has 0 aromatic carbocycles. The van der Waals surface area contributed by atoms with Crippen LogP contribution in [0.2, 0.25) is 0 Å². The lowest BCUT2D eigenvalue weighted by molar-refractivity contribution is 0.0946. The quantitative estimate of drug-likeness (QED) is 0.710. The predicted molar refractivity (Wildman–Crippen MR) is 91.8 cm³/mol. The van der Waals surface area contributed by atoms with Gasteiger partial charge in [-0.2, -0.15) is 0 Å². The normalized spacial score (nSPS) is 12.0. The van der Waals surface area contributed by atoms with Gasteiger partial charge in [-0.3, -0.25) is 4.79 Å². The number of amides is 2. The van der Waals surface area contributed by atoms with Crippen LogP contribution in [0.3, 0.4) is 0 Å². The van der Waals surface area contributed by atoms with Gasteiger partial charge in [-0.1, -0.05) is 13.8 Å². The summed E-state index contributed by atoms with van der Waals surface area (Å²) in [5, 5.41) is 7.61. The Kier molecular flexibility index (Phi) is 8.34. The average molecular weight is 345 g/mol. The summed E-state index contributed by atoms with van der Waals surface area (Å²) in [4.78, 5) is 25.5. The van der Waals surface area contributed by atoms with Gasteiger partial charge < -0.3 is 15.4 Å². The first-order chi connectivity index (χ1) is 10.5. The fourth-order valence-electron chi connectivity index (χ4n) is 2.02. The van der Waals surface area contributed by atoms with Crippen molar-refractivity contribution in [3.63, 3.8) is 0 Å². The van der Waals surface area contributed by atoms with Gasteiger partial charge in [0.15, 0.2) is 0 Å². The smallest absolute Gasteiger partial charge is 0.407 e. The van der Waals surface area contributed by atoms with Crippen LogP contribution in [0.15, 0.2) is 16.3 Å². The van der Waals surface area contributed by atoms with E-state index in [9.17, 15) is 9.59 Å². The van der Waals surface area contributed by atoms with Crippen molar-refractivity contribution in [2.45, 2.75) is 38.1 Å². The minimum Gasteiger partial charge on any atom is -0.450 e. The van der Waals surface area contributed by atoms with Gasteiger partial charge in [0.1, 0.15) is 4.88 Å². The first kappa shape index (κ1) is 18.8. The molecule has 5 nitrogen and oxygen atoms in total. The summed E-state index contributed by atoms with van der Waals surface area (Å²) in [6, 6.07) is 1.80. The molecule has 0 bridgehead atoms. The topological polar surface area (TPSA) is 67.4 Å². The Morgan fingerprint density at radius 3 is 2.73 bits per heavy atom. The van der Waals surface area contributed by atoms with Crippen molar-refractivity contribution in [2.24, 2.45) is 5.92 Å². The number of thiophene rings is 1. The highest BCUT2D eigenvalue weighted by atomic mass is 32.2. The third-order valence-corrected chi connectivity index (χ3v) is 4.74. The molecule has 0 aliphatic rings. The zero-order valence-electron chi connectivity index (χ0n) is 13.5. The maximum atomic E-state index is 12.2. The molecule has 1 aromatic heterocycles. The highest BCUT2D eigenvalue weighted by molar-refractivity contribution is 7.98. The number of alkyl carbamates (subject to hydrolysis) is 1. The largest absolute Gasteiger partial charge is 0.450 e. The molecule has 0 aliphatic heterocycles. The third-order valence-electron chi connectivity index (χ3n) is 2.92. The summed E-state index contributed by atoms with van der Waals surface area (Å²) in [6.45, 7) is 6.64. The third kappa shape index (κ3) is 6.27. The van der Waals surface area contributed by atoms with Crippen LogP contribution in [0.4, 0.5) is 4.79 Å². The van der Waals surface area contributed by atoms with Crippen LogP contribution in [0, 0.1) is 5.92 Å². The number of hydrogen-bond acceptors (Lipinski definition) is 5. The van der Waals surface area contributed by atoms with Gasteiger partial charge in [0.05, 0.1) is 6.61 Å². The summed E-state index contributed by atoms with van der Waals surface area (Å²) >= 11 is 2.98. The van der Waals surface area contributed by atoms with Gasteiger partial charge in [0.2, 0.25) is 0 Å². The number of hydrogen-bond donors (Lipinski definition) is 2. The molecule has 0 aliphatic carbocycles. The zero-order chi connectivity index (χ0) is 16.5. The first-order valence-electron chi connectivity index (χ1n) is 7.30. The molecule has 0 radical (unpaired) electrons. The number of rotatable bonds is 8. The first-order valence-corrected chi connectivity index (χ1v) is 9.41. The van der Waals surface area contributed by atoms with E-state index in [1.807, 2.05) is 17.7 Å². The van der Waals surface area contributed by atoms with E-state index in [4.69, 9.17) is 4.74 Å². The number of thioether (sulfide) groups is 1. The van der Waals surface area contributed by atoms with Gasteiger partial charge in [-0.15, -0.1) is 23.1 Å². The Morgan fingerprint density at radius 2 is 2.14 bits per heavy atom. The summed E-state index contributed by atoms with van der Waals surface area (Å²) in [5.41, 5.74) is 0. The molecular formula is C15H24N2O3S2. The maximum absolute atomic E-state index is 12.2. The van der Waals surface area contributed by atoms with E-state index in [0.29, 0.717) is 23.9 Å². The van der Waals surface area contributed by atoms with Crippen molar-refractivity contribution < 1.29 is 14.3 Å². The predicted octanol–water partition coefficient (Wildman–Crippen LogP) is 3.36. The molecular weight excluding hydrogens is 320 g/mol. The second-order valence-corrected chi connectivity index (χ2v) is 6.98. The summed E-state index contributed by atoms with van der Waals surface area (Å²) in [5.74, 6) is 0.311. The lowest BCUT2D eigenvalue weighted by Gasteiger charge is -2.20. The van der Waals surface area contributed by atoms with Crippen LogP contribution >= 0.6 is 23.1 Å². The van der Waals surface area contributed by atoms with Crippen LogP contribution in [0.25, 0.3) is 0 Å². The second kappa shape index (κ2) is 9.74. The standard InChI is InChI=1S/C15H24N2O3S2/c1-5-20-15(19)17-11(8-10(2)3)9-16-14(18)13-12(21-4)6-7-22-13/h6-7,10-11H,5,8-9H2,1-4H3,(H,16,18)(H,17,19). The molecule has 22 heavy (non-hydrogen) atoms. The summed E-state index contributed by atoms with van der Waals surface area (Å²) < 4.78 is 4.91. The number of nitrogens with one attached hydrogen (secondary N) is 2. The zero-order valence-corrected chi connectivity index (χ0v) is 15.1. The van der Waals surface area contributed by atoms with Gasteiger partial charge in [-0.05, 0) is 37.0 Å². The molecule has 1 unspecified atom stereocenters. The molecule has 0 fully saturated rings. The van der Waals surface area contributed by atoms with E-state index in [1.165, 1.54) is 11.3 Å². The molecule has 7 heteroatoms. The van der Waals surface area contributed by atoms with Crippen molar-refractivity contribution in [1.82, 2.24) is 10.6 Å². The lowest BCUT2D eigenvalue weighted by atomic mass is 10.0. The van der Waals surface area contributed by atoms with Crippen molar-refractivity contribution in [3.8, 4) is 0 Å². The fraction of sp³-hybridized carbons (Fsp3) is 0.600. The Bertz CT molecular complexity index is 489. The van der Waals surface area contributed by atoms with Crippen LogP contribution < -0.4 is 10.6 Å². The van der Waals surface area contributed by atoms with Crippen LogP contribution in [-0.4, -0.2) is 37.4 Å². The monoisotopic (exact) mass is 344 g/mol. The number of ether oxygens (including phenoxy) is 1. The minimum atomic E-state index is -0.441. The minimum absolute atomic E-state index is 0.0984. The second-order valence-electron chi connectivity index (χ2n) is 5.22. The molecule has 1 rings (SSSR count). The average Bonchev–Trinajstić information content (AvgIpc) is 2.92. The van der Waals surface area contributed by atoms with E-state index in [1.54, 1.807) is 18.7 Å². The Hall–Kier alpha value is -1.21. The SMILES string of the molecule is CCOC(=O)NC(CNC(=O)c1sccc1SC)CC(C)C. The molecule has 2 N–H and O–H groups in total. The van der Waals surface area contributed by atoms with Gasteiger partial charge in [-0.25, -0.2) is 4.79 Å². The number of carbonyl (C=O) groups is 2. The molecule has 1 atom stereocenters. The molecule has 0 saturated carbocycles. The van der Waals surface area contributed by atoms with Crippen molar-refractivity contribution >= 4 is 35.1 Å². The van der Waals surface area contributed by atoms with Crippen molar-refractivity contribution in [3.05, 3.63) is 16.3 Å². The number of carbonyl (C=O) groups excluding carboxylic acids is 2. The molecule has 2 amide bonds. The van der Waals surface area contributed by atoms with E-state index >= 15 is 0 Å². The van der Waals surface area contributed by atoms with Crippen molar-refractivity contribution in [2.75, 3.05) is 19.4 Å². The van der Waals surface area contributed by atoms with Crippen molar-refractivity contribution in [1.29, 1.82) is 0 Å². The molecule has 1 aromatic rings. The van der Waals surface area contributed by atoms with Gasteiger partial charge in [0, 0.05) is 17.5 Å². The van der Waals surface area contributed by atoms with E-state index in [0.717, 1.165) is 11.3 Å². The van der Waals surface area contributed by atoms with E-state index in [2.05, 4.69) is 24.5 Å². The molecule has 124 valence electrons. The Labute approximate surface area is 140 Å². The Balaban J connectivity index is 2.58. The van der Waals surface area contributed by atoms with E-state index < -0.39 is 6.09 Å². The molecule has 0 spiro atoms. The highest BCUT2D eigenvalue weighted by Gasteiger charge is 2.18. The van der Waals surface area contributed by atoms with Crippen LogP contribution in [0.1, 0.15) is 36.9 Å². The molecule has 0 saturated heterocycles. The van der Waals surface area contributed by atoms with E-state index in [-0.39, 0.29) is 11.9 Å². The summed E-state index contributed by atoms with van der Waals surface area (Å²) in [7, 11) is 0. The van der Waals surface area contributed by atoms with Crippen LogP contribution in [-0.2, 0) is 4.74 Å². The fourth-order valence-corrected chi connectivity index (χ4v) is 3.69. The maximum Gasteiger partial charge on any atom is 0.407 e. The Morgan fingerprint density at radius 1 is 1.41 bits per heavy atom. The highest BCUT2D eigenvalue weighted by Crippen LogP contribution is 2.25. The molecule has 1 heterocycles. The van der Waals surface area contributed by atoms with Crippen LogP contribution in [0.5, 0.6) is 0 Å². The summed E-state index contributed by atoms with van der Waals surface area (Å²) in [6.07, 6.45) is 2.28. The van der Waals surface area contributed by atoms with Gasteiger partial charge in [0.25, 0.3) is 5.91 Å². The van der Waals surface area contributed by atoms with Gasteiger partial charge >= 0.3 is 6.09 Å².